The van der Waals surface area contributed by atoms with Gasteiger partial charge in [0, 0.05) is 0 Å². The zero-order chi connectivity index (χ0) is 15.6. The molecule has 0 saturated carbocycles. The first kappa shape index (κ1) is 14.8. The molecule has 2 rings (SSSR count). The molecule has 0 atom stereocenters. The molecule has 1 aromatic carbocycles. The largest absolute Gasteiger partial charge is 0.465 e. The first-order valence-electron chi connectivity index (χ1n) is 6.28. The van der Waals surface area contributed by atoms with E-state index < -0.39 is 17.7 Å². The molecule has 0 fully saturated rings. The van der Waals surface area contributed by atoms with E-state index in [4.69, 9.17) is 9.26 Å². The Morgan fingerprint density at radius 2 is 2.00 bits per heavy atom. The maximum absolute atomic E-state index is 11.7. The van der Waals surface area contributed by atoms with Crippen LogP contribution in [0.15, 0.2) is 22.7 Å². The summed E-state index contributed by atoms with van der Waals surface area (Å²) in [6, 6.07) is 4.66. The van der Waals surface area contributed by atoms with Gasteiger partial charge in [0.2, 0.25) is 0 Å². The molecular formula is C14H16N2O5. The van der Waals surface area contributed by atoms with Gasteiger partial charge in [0.25, 0.3) is 0 Å². The molecule has 0 unspecified atom stereocenters. The van der Waals surface area contributed by atoms with Crippen molar-refractivity contribution in [2.75, 3.05) is 12.4 Å². The van der Waals surface area contributed by atoms with Gasteiger partial charge in [-0.1, -0.05) is 5.16 Å². The van der Waals surface area contributed by atoms with Crippen LogP contribution in [0.2, 0.25) is 0 Å². The standard InChI is InChI=1S/C14H16N2O5/c1-14(2,3)20-13(18)15-11-9-7-8(12(17)19-4)5-6-10(9)21-16-11/h5-7H,1-4H3,(H,15,16,18). The number of nitrogens with zero attached hydrogens (tertiary/aromatic N) is 1. The third-order valence-electron chi connectivity index (χ3n) is 2.51. The maximum atomic E-state index is 11.7. The number of methoxy groups -OCH3 is 1. The Hall–Kier alpha value is -2.57. The van der Waals surface area contributed by atoms with Crippen molar-refractivity contribution in [3.05, 3.63) is 23.8 Å². The average molecular weight is 292 g/mol. The van der Waals surface area contributed by atoms with Gasteiger partial charge in [-0.15, -0.1) is 0 Å². The predicted molar refractivity (Wildman–Crippen MR) is 75.2 cm³/mol. The first-order valence-corrected chi connectivity index (χ1v) is 6.28. The summed E-state index contributed by atoms with van der Waals surface area (Å²) in [5.74, 6) is -0.300. The molecule has 0 saturated heterocycles. The molecule has 1 aromatic heterocycles. The monoisotopic (exact) mass is 292 g/mol. The number of esters is 1. The molecule has 0 spiro atoms. The molecule has 1 amide bonds. The highest BCUT2D eigenvalue weighted by atomic mass is 16.6. The highest BCUT2D eigenvalue weighted by Gasteiger charge is 2.19. The summed E-state index contributed by atoms with van der Waals surface area (Å²) in [7, 11) is 1.29. The van der Waals surface area contributed by atoms with Crippen molar-refractivity contribution in [1.82, 2.24) is 5.16 Å². The van der Waals surface area contributed by atoms with Gasteiger partial charge in [0.05, 0.1) is 18.1 Å². The SMILES string of the molecule is COC(=O)c1ccc2onc(NC(=O)OC(C)(C)C)c2c1. The van der Waals surface area contributed by atoms with E-state index in [1.165, 1.54) is 13.2 Å². The quantitative estimate of drug-likeness (QED) is 0.856. The number of hydrogen-bond donors (Lipinski definition) is 1. The highest BCUT2D eigenvalue weighted by molar-refractivity contribution is 6.00. The molecule has 21 heavy (non-hydrogen) atoms. The maximum Gasteiger partial charge on any atom is 0.413 e. The van der Waals surface area contributed by atoms with Crippen LogP contribution in [0.3, 0.4) is 0 Å². The number of rotatable bonds is 2. The average Bonchev–Trinajstić information content (AvgIpc) is 2.78. The third-order valence-corrected chi connectivity index (χ3v) is 2.51. The number of hydrogen-bond acceptors (Lipinski definition) is 6. The number of ether oxygens (including phenoxy) is 2. The van der Waals surface area contributed by atoms with E-state index in [9.17, 15) is 9.59 Å². The lowest BCUT2D eigenvalue weighted by Gasteiger charge is -2.19. The van der Waals surface area contributed by atoms with Crippen LogP contribution in [0.1, 0.15) is 31.1 Å². The predicted octanol–water partition coefficient (Wildman–Crippen LogP) is 2.96. The van der Waals surface area contributed by atoms with E-state index in [-0.39, 0.29) is 5.82 Å². The molecule has 1 N–H and O–H groups in total. The van der Waals surface area contributed by atoms with Crippen LogP contribution in [0.25, 0.3) is 11.0 Å². The lowest BCUT2D eigenvalue weighted by atomic mass is 10.1. The number of aromatic nitrogens is 1. The summed E-state index contributed by atoms with van der Waals surface area (Å²) in [5.41, 5.74) is 0.148. The summed E-state index contributed by atoms with van der Waals surface area (Å²) in [4.78, 5) is 23.3. The number of amides is 1. The van der Waals surface area contributed by atoms with Crippen molar-refractivity contribution in [3.63, 3.8) is 0 Å². The zero-order valence-electron chi connectivity index (χ0n) is 12.2. The van der Waals surface area contributed by atoms with Crippen molar-refractivity contribution >= 4 is 28.8 Å². The van der Waals surface area contributed by atoms with Crippen molar-refractivity contribution in [1.29, 1.82) is 0 Å². The van der Waals surface area contributed by atoms with Crippen LogP contribution in [-0.2, 0) is 9.47 Å². The van der Waals surface area contributed by atoms with E-state index >= 15 is 0 Å². The lowest BCUT2D eigenvalue weighted by molar-refractivity contribution is 0.0598. The van der Waals surface area contributed by atoms with Crippen molar-refractivity contribution in [3.8, 4) is 0 Å². The molecule has 112 valence electrons. The summed E-state index contributed by atoms with van der Waals surface area (Å²) < 4.78 is 14.9. The second kappa shape index (κ2) is 5.43. The van der Waals surface area contributed by atoms with Crippen LogP contribution < -0.4 is 5.32 Å². The van der Waals surface area contributed by atoms with Crippen molar-refractivity contribution < 1.29 is 23.6 Å². The second-order valence-corrected chi connectivity index (χ2v) is 5.36. The molecular weight excluding hydrogens is 276 g/mol. The Labute approximate surface area is 121 Å². The Kier molecular flexibility index (Phi) is 3.84. The fourth-order valence-electron chi connectivity index (χ4n) is 1.67. The number of carbonyl (C=O) groups is 2. The Morgan fingerprint density at radius 3 is 2.62 bits per heavy atom. The topological polar surface area (TPSA) is 90.7 Å². The molecule has 0 aliphatic rings. The van der Waals surface area contributed by atoms with Gasteiger partial charge in [-0.3, -0.25) is 5.32 Å². The minimum Gasteiger partial charge on any atom is -0.465 e. The number of benzene rings is 1. The Bertz CT molecular complexity index is 684. The highest BCUT2D eigenvalue weighted by Crippen LogP contribution is 2.24. The molecule has 7 heteroatoms. The molecule has 2 aromatic rings. The Balaban J connectivity index is 2.28. The van der Waals surface area contributed by atoms with Crippen LogP contribution in [0, 0.1) is 0 Å². The van der Waals surface area contributed by atoms with Gasteiger partial charge in [0.15, 0.2) is 11.4 Å². The molecule has 0 aliphatic carbocycles. The van der Waals surface area contributed by atoms with E-state index in [1.54, 1.807) is 32.9 Å². The molecule has 1 heterocycles. The Morgan fingerprint density at radius 1 is 1.29 bits per heavy atom. The van der Waals surface area contributed by atoms with Crippen LogP contribution >= 0.6 is 0 Å². The summed E-state index contributed by atoms with van der Waals surface area (Å²) >= 11 is 0. The fourth-order valence-corrected chi connectivity index (χ4v) is 1.67. The van der Waals surface area contributed by atoms with Crippen molar-refractivity contribution in [2.24, 2.45) is 0 Å². The van der Waals surface area contributed by atoms with Gasteiger partial charge >= 0.3 is 12.1 Å². The van der Waals surface area contributed by atoms with Crippen LogP contribution in [0.5, 0.6) is 0 Å². The van der Waals surface area contributed by atoms with Gasteiger partial charge < -0.3 is 14.0 Å². The van der Waals surface area contributed by atoms with Gasteiger partial charge in [-0.2, -0.15) is 0 Å². The number of anilines is 1. The van der Waals surface area contributed by atoms with Gasteiger partial charge in [-0.05, 0) is 39.0 Å². The smallest absolute Gasteiger partial charge is 0.413 e. The van der Waals surface area contributed by atoms with Gasteiger partial charge in [0.1, 0.15) is 5.60 Å². The molecule has 7 nitrogen and oxygen atoms in total. The fraction of sp³-hybridized carbons (Fsp3) is 0.357. The van der Waals surface area contributed by atoms with E-state index in [0.29, 0.717) is 16.5 Å². The minimum atomic E-state index is -0.652. The summed E-state index contributed by atoms with van der Waals surface area (Å²) in [5, 5.41) is 6.73. The van der Waals surface area contributed by atoms with Crippen LogP contribution in [-0.4, -0.2) is 29.9 Å². The molecule has 0 radical (unpaired) electrons. The normalized spacial score (nSPS) is 11.2. The summed E-state index contributed by atoms with van der Waals surface area (Å²) in [6.45, 7) is 5.26. The lowest BCUT2D eigenvalue weighted by Crippen LogP contribution is -2.27. The first-order chi connectivity index (χ1) is 9.80. The van der Waals surface area contributed by atoms with Gasteiger partial charge in [-0.25, -0.2) is 9.59 Å². The second-order valence-electron chi connectivity index (χ2n) is 5.36. The number of carbonyl (C=O) groups excluding carboxylic acids is 2. The number of nitrogens with one attached hydrogen (secondary N) is 1. The molecule has 0 aliphatic heterocycles. The number of fused-ring (bicyclic) bond motifs is 1. The molecule has 0 bridgehead atoms. The van der Waals surface area contributed by atoms with Crippen molar-refractivity contribution in [2.45, 2.75) is 26.4 Å². The minimum absolute atomic E-state index is 0.185. The zero-order valence-corrected chi connectivity index (χ0v) is 12.2. The van der Waals surface area contributed by atoms with E-state index in [0.717, 1.165) is 0 Å². The van der Waals surface area contributed by atoms with Crippen LogP contribution in [0.4, 0.5) is 10.6 Å². The van der Waals surface area contributed by atoms with E-state index in [1.807, 2.05) is 0 Å². The third kappa shape index (κ3) is 3.50. The summed E-state index contributed by atoms with van der Waals surface area (Å²) in [6.07, 6.45) is -0.652. The van der Waals surface area contributed by atoms with E-state index in [2.05, 4.69) is 15.2 Å².